The van der Waals surface area contributed by atoms with Crippen LogP contribution in [0.5, 0.6) is 0 Å². The summed E-state index contributed by atoms with van der Waals surface area (Å²) in [5.74, 6) is 0.00243. The van der Waals surface area contributed by atoms with Crippen molar-refractivity contribution < 1.29 is 4.79 Å². The molecule has 0 bridgehead atoms. The lowest BCUT2D eigenvalue weighted by Gasteiger charge is -2.04. The van der Waals surface area contributed by atoms with Crippen molar-refractivity contribution in [2.24, 2.45) is 0 Å². The fraction of sp³-hybridized carbons (Fsp3) is 0.552. The first-order valence-corrected chi connectivity index (χ1v) is 12.7. The Morgan fingerprint density at radius 3 is 1.90 bits per heavy atom. The lowest BCUT2D eigenvalue weighted by molar-refractivity contribution is -0.116. The van der Waals surface area contributed by atoms with Crippen LogP contribution < -0.4 is 5.32 Å². The lowest BCUT2D eigenvalue weighted by Crippen LogP contribution is -2.21. The molecule has 0 aliphatic heterocycles. The zero-order chi connectivity index (χ0) is 22.0. The summed E-state index contributed by atoms with van der Waals surface area (Å²) in [5, 5.41) is 5.40. The summed E-state index contributed by atoms with van der Waals surface area (Å²) in [6.07, 6.45) is 22.6. The van der Waals surface area contributed by atoms with Crippen molar-refractivity contribution in [3.05, 3.63) is 54.1 Å². The maximum atomic E-state index is 12.1. The summed E-state index contributed by atoms with van der Waals surface area (Å²) >= 11 is 0. The molecule has 0 aliphatic carbocycles. The van der Waals surface area contributed by atoms with Crippen LogP contribution in [0.15, 0.2) is 48.5 Å². The molecule has 0 unspecified atom stereocenters. The Labute approximate surface area is 190 Å². The molecule has 1 amide bonds. The third kappa shape index (κ3) is 11.2. The van der Waals surface area contributed by atoms with Gasteiger partial charge in [0.05, 0.1) is 0 Å². The topological polar surface area (TPSA) is 29.1 Å². The maximum Gasteiger partial charge on any atom is 0.243 e. The second kappa shape index (κ2) is 16.6. The molecule has 0 fully saturated rings. The predicted molar refractivity (Wildman–Crippen MR) is 136 cm³/mol. The Kier molecular flexibility index (Phi) is 13.5. The van der Waals surface area contributed by atoms with Gasteiger partial charge in [0.15, 0.2) is 0 Å². The van der Waals surface area contributed by atoms with Gasteiger partial charge in [-0.25, -0.2) is 0 Å². The Balaban J connectivity index is 1.44. The Bertz CT molecular complexity index is 759. The molecule has 2 heteroatoms. The van der Waals surface area contributed by atoms with Gasteiger partial charge in [0.1, 0.15) is 0 Å². The van der Waals surface area contributed by atoms with Gasteiger partial charge in [0, 0.05) is 12.6 Å². The summed E-state index contributed by atoms with van der Waals surface area (Å²) in [7, 11) is 0. The summed E-state index contributed by atoms with van der Waals surface area (Å²) in [6, 6.07) is 14.5. The number of benzene rings is 2. The third-order valence-corrected chi connectivity index (χ3v) is 6.07. The molecular weight excluding hydrogens is 378 g/mol. The number of carbonyl (C=O) groups is 1. The van der Waals surface area contributed by atoms with E-state index < -0.39 is 0 Å². The van der Waals surface area contributed by atoms with E-state index in [9.17, 15) is 4.79 Å². The molecule has 2 rings (SSSR count). The van der Waals surface area contributed by atoms with Crippen LogP contribution in [-0.2, 0) is 4.79 Å². The van der Waals surface area contributed by atoms with E-state index in [0.717, 1.165) is 18.5 Å². The molecule has 0 heterocycles. The van der Waals surface area contributed by atoms with Gasteiger partial charge in [-0.15, -0.1) is 0 Å². The molecule has 0 radical (unpaired) electrons. The monoisotopic (exact) mass is 421 g/mol. The molecule has 2 nitrogen and oxygen atoms in total. The summed E-state index contributed by atoms with van der Waals surface area (Å²) in [5.41, 5.74) is 1.09. The SMILES string of the molecule is CCCCCCCCCCCCCCCCNC(=O)C=Cc1cccc2ccccc12. The van der Waals surface area contributed by atoms with Gasteiger partial charge >= 0.3 is 0 Å². The summed E-state index contributed by atoms with van der Waals surface area (Å²) < 4.78 is 0. The van der Waals surface area contributed by atoms with Gasteiger partial charge in [-0.1, -0.05) is 133 Å². The fourth-order valence-electron chi connectivity index (χ4n) is 4.15. The molecule has 0 spiro atoms. The molecule has 0 atom stereocenters. The maximum absolute atomic E-state index is 12.1. The van der Waals surface area contributed by atoms with Crippen LogP contribution in [0, 0.1) is 0 Å². The number of amides is 1. The van der Waals surface area contributed by atoms with Crippen LogP contribution in [0.4, 0.5) is 0 Å². The number of nitrogens with one attached hydrogen (secondary N) is 1. The Hall–Kier alpha value is -2.09. The Morgan fingerprint density at radius 1 is 0.710 bits per heavy atom. The highest BCUT2D eigenvalue weighted by atomic mass is 16.1. The minimum atomic E-state index is 0.00243. The summed E-state index contributed by atoms with van der Waals surface area (Å²) in [4.78, 5) is 12.1. The molecular formula is C29H43NO. The third-order valence-electron chi connectivity index (χ3n) is 6.07. The molecule has 0 saturated carbocycles. The smallest absolute Gasteiger partial charge is 0.243 e. The van der Waals surface area contributed by atoms with Crippen LogP contribution in [0.25, 0.3) is 16.8 Å². The van der Waals surface area contributed by atoms with Crippen molar-refractivity contribution >= 4 is 22.8 Å². The summed E-state index contributed by atoms with van der Waals surface area (Å²) in [6.45, 7) is 3.05. The first-order chi connectivity index (χ1) is 15.3. The molecule has 170 valence electrons. The molecule has 0 saturated heterocycles. The van der Waals surface area contributed by atoms with E-state index in [-0.39, 0.29) is 5.91 Å². The zero-order valence-corrected chi connectivity index (χ0v) is 19.7. The number of carbonyl (C=O) groups excluding carboxylic acids is 1. The fourth-order valence-corrected chi connectivity index (χ4v) is 4.15. The van der Waals surface area contributed by atoms with Crippen molar-refractivity contribution in [2.45, 2.75) is 96.8 Å². The second-order valence-corrected chi connectivity index (χ2v) is 8.79. The molecule has 31 heavy (non-hydrogen) atoms. The normalized spacial score (nSPS) is 11.4. The van der Waals surface area contributed by atoms with E-state index >= 15 is 0 Å². The Morgan fingerprint density at radius 2 is 1.26 bits per heavy atom. The zero-order valence-electron chi connectivity index (χ0n) is 19.7. The first-order valence-electron chi connectivity index (χ1n) is 12.7. The first kappa shape index (κ1) is 25.2. The quantitative estimate of drug-likeness (QED) is 0.201. The molecule has 0 aromatic heterocycles. The van der Waals surface area contributed by atoms with Gasteiger partial charge < -0.3 is 5.32 Å². The van der Waals surface area contributed by atoms with Gasteiger partial charge in [0.2, 0.25) is 5.91 Å². The number of hydrogen-bond donors (Lipinski definition) is 1. The molecule has 1 N–H and O–H groups in total. The van der Waals surface area contributed by atoms with Crippen molar-refractivity contribution in [3.63, 3.8) is 0 Å². The van der Waals surface area contributed by atoms with Crippen molar-refractivity contribution in [1.29, 1.82) is 0 Å². The van der Waals surface area contributed by atoms with Crippen LogP contribution in [-0.4, -0.2) is 12.5 Å². The molecule has 2 aromatic carbocycles. The van der Waals surface area contributed by atoms with Crippen molar-refractivity contribution in [3.8, 4) is 0 Å². The van der Waals surface area contributed by atoms with E-state index in [1.807, 2.05) is 24.3 Å². The van der Waals surface area contributed by atoms with Gasteiger partial charge in [0.25, 0.3) is 0 Å². The average molecular weight is 422 g/mol. The largest absolute Gasteiger partial charge is 0.353 e. The average Bonchev–Trinajstić information content (AvgIpc) is 2.80. The van der Waals surface area contributed by atoms with E-state index in [1.54, 1.807) is 6.08 Å². The lowest BCUT2D eigenvalue weighted by atomic mass is 10.0. The minimum Gasteiger partial charge on any atom is -0.353 e. The highest BCUT2D eigenvalue weighted by Gasteiger charge is 1.99. The van der Waals surface area contributed by atoms with Crippen molar-refractivity contribution in [2.75, 3.05) is 6.54 Å². The van der Waals surface area contributed by atoms with Crippen LogP contribution >= 0.6 is 0 Å². The van der Waals surface area contributed by atoms with Crippen LogP contribution in [0.3, 0.4) is 0 Å². The highest BCUT2D eigenvalue weighted by Crippen LogP contribution is 2.19. The number of rotatable bonds is 17. The van der Waals surface area contributed by atoms with Gasteiger partial charge in [-0.2, -0.15) is 0 Å². The van der Waals surface area contributed by atoms with E-state index in [0.29, 0.717) is 0 Å². The number of fused-ring (bicyclic) bond motifs is 1. The predicted octanol–water partition coefficient (Wildman–Crippen LogP) is 8.45. The molecule has 2 aromatic rings. The molecule has 0 aliphatic rings. The van der Waals surface area contributed by atoms with Crippen LogP contribution in [0.1, 0.15) is 102 Å². The second-order valence-electron chi connectivity index (χ2n) is 8.79. The van der Waals surface area contributed by atoms with Crippen molar-refractivity contribution in [1.82, 2.24) is 5.32 Å². The number of hydrogen-bond acceptors (Lipinski definition) is 1. The van der Waals surface area contributed by atoms with Crippen LogP contribution in [0.2, 0.25) is 0 Å². The number of unbranched alkanes of at least 4 members (excludes halogenated alkanes) is 13. The van der Waals surface area contributed by atoms with E-state index in [4.69, 9.17) is 0 Å². The van der Waals surface area contributed by atoms with Gasteiger partial charge in [-0.05, 0) is 28.8 Å². The highest BCUT2D eigenvalue weighted by molar-refractivity contribution is 5.96. The van der Waals surface area contributed by atoms with E-state index in [1.165, 1.54) is 94.2 Å². The standard InChI is InChI=1S/C29H43NO/c1-2-3-4-5-6-7-8-9-10-11-12-13-14-17-25-30-29(31)24-23-27-21-18-20-26-19-15-16-22-28(26)27/h15-16,18-24H,2-14,17,25H2,1H3,(H,30,31). The van der Waals surface area contributed by atoms with E-state index in [2.05, 4.69) is 36.5 Å². The van der Waals surface area contributed by atoms with Gasteiger partial charge in [-0.3, -0.25) is 4.79 Å². The minimum absolute atomic E-state index is 0.00243.